The first kappa shape index (κ1) is 22.8. The fourth-order valence-electron chi connectivity index (χ4n) is 5.92. The summed E-state index contributed by atoms with van der Waals surface area (Å²) in [5.41, 5.74) is 13.2. The SMILES string of the molecule is NC1C=CC=CC1=N/C(=C/n1c2ccccc2c2c3ccc4c5ccccc5oc4c3ccc21)c1ccccc1. The lowest BCUT2D eigenvalue weighted by Crippen LogP contribution is -2.28. The van der Waals surface area contributed by atoms with Crippen molar-refractivity contribution in [2.24, 2.45) is 10.7 Å². The molecule has 1 atom stereocenters. The van der Waals surface area contributed by atoms with E-state index in [1.165, 1.54) is 16.2 Å². The van der Waals surface area contributed by atoms with Gasteiger partial charge in [0.15, 0.2) is 0 Å². The molecule has 0 saturated carbocycles. The highest BCUT2D eigenvalue weighted by molar-refractivity contribution is 6.26. The molecule has 0 aliphatic heterocycles. The van der Waals surface area contributed by atoms with E-state index >= 15 is 0 Å². The largest absolute Gasteiger partial charge is 0.455 e. The van der Waals surface area contributed by atoms with Crippen LogP contribution in [-0.2, 0) is 0 Å². The Morgan fingerprint density at radius 1 is 0.700 bits per heavy atom. The Hall–Kier alpha value is -5.19. The minimum absolute atomic E-state index is 0.245. The third kappa shape index (κ3) is 3.47. The van der Waals surface area contributed by atoms with E-state index in [0.29, 0.717) is 0 Å². The van der Waals surface area contributed by atoms with Gasteiger partial charge in [-0.1, -0.05) is 91.0 Å². The second kappa shape index (κ2) is 8.94. The van der Waals surface area contributed by atoms with E-state index in [9.17, 15) is 0 Å². The fraction of sp³-hybridized carbons (Fsp3) is 0.0278. The van der Waals surface area contributed by atoms with Gasteiger partial charge < -0.3 is 14.7 Å². The molecule has 0 spiro atoms. The van der Waals surface area contributed by atoms with Crippen molar-refractivity contribution in [1.82, 2.24) is 4.57 Å². The zero-order chi connectivity index (χ0) is 26.6. The third-order valence-corrected chi connectivity index (χ3v) is 7.82. The molecule has 2 aromatic heterocycles. The van der Waals surface area contributed by atoms with Crippen LogP contribution in [0.3, 0.4) is 0 Å². The van der Waals surface area contributed by atoms with Crippen molar-refractivity contribution in [2.75, 3.05) is 0 Å². The van der Waals surface area contributed by atoms with Crippen LogP contribution < -0.4 is 5.73 Å². The number of benzene rings is 5. The van der Waals surface area contributed by atoms with Gasteiger partial charge in [-0.05, 0) is 41.8 Å². The molecule has 190 valence electrons. The maximum absolute atomic E-state index is 6.39. The fourth-order valence-corrected chi connectivity index (χ4v) is 5.92. The Morgan fingerprint density at radius 3 is 2.30 bits per heavy atom. The molecule has 0 fully saturated rings. The van der Waals surface area contributed by atoms with Crippen LogP contribution in [0.2, 0.25) is 0 Å². The maximum Gasteiger partial charge on any atom is 0.143 e. The molecule has 0 bridgehead atoms. The first-order valence-corrected chi connectivity index (χ1v) is 13.5. The number of rotatable bonds is 3. The number of nitrogens with two attached hydrogens (primary N) is 1. The maximum atomic E-state index is 6.39. The van der Waals surface area contributed by atoms with E-state index in [1.54, 1.807) is 0 Å². The van der Waals surface area contributed by atoms with Crippen molar-refractivity contribution in [3.05, 3.63) is 133 Å². The number of furan rings is 1. The number of nitrogens with zero attached hydrogens (tertiary/aromatic N) is 2. The Labute approximate surface area is 230 Å². The zero-order valence-electron chi connectivity index (χ0n) is 21.7. The first-order chi connectivity index (χ1) is 19.8. The van der Waals surface area contributed by atoms with E-state index in [4.69, 9.17) is 15.1 Å². The molecule has 4 nitrogen and oxygen atoms in total. The molecule has 0 saturated heterocycles. The molecule has 1 aliphatic rings. The van der Waals surface area contributed by atoms with Gasteiger partial charge in [0.25, 0.3) is 0 Å². The number of allylic oxidation sites excluding steroid dienone is 2. The zero-order valence-corrected chi connectivity index (χ0v) is 21.7. The molecule has 40 heavy (non-hydrogen) atoms. The monoisotopic (exact) mass is 515 g/mol. The van der Waals surface area contributed by atoms with Crippen LogP contribution in [0, 0.1) is 0 Å². The highest BCUT2D eigenvalue weighted by Gasteiger charge is 2.17. The van der Waals surface area contributed by atoms with E-state index in [1.807, 2.05) is 54.6 Å². The summed E-state index contributed by atoms with van der Waals surface area (Å²) in [4.78, 5) is 5.08. The van der Waals surface area contributed by atoms with E-state index in [2.05, 4.69) is 83.6 Å². The van der Waals surface area contributed by atoms with Gasteiger partial charge in [0, 0.05) is 38.7 Å². The van der Waals surface area contributed by atoms with Gasteiger partial charge in [-0.2, -0.15) is 0 Å². The average Bonchev–Trinajstić information content (AvgIpc) is 3.54. The quantitative estimate of drug-likeness (QED) is 0.256. The molecule has 1 unspecified atom stereocenters. The molecule has 5 aromatic carbocycles. The van der Waals surface area contributed by atoms with Crippen molar-refractivity contribution in [1.29, 1.82) is 0 Å². The van der Waals surface area contributed by atoms with Gasteiger partial charge >= 0.3 is 0 Å². The number of para-hydroxylation sites is 2. The second-order valence-electron chi connectivity index (χ2n) is 10.2. The van der Waals surface area contributed by atoms with Gasteiger partial charge in [0.1, 0.15) is 11.2 Å². The molecule has 2 N–H and O–H groups in total. The summed E-state index contributed by atoms with van der Waals surface area (Å²) in [6, 6.07) is 35.6. The third-order valence-electron chi connectivity index (χ3n) is 7.82. The summed E-state index contributed by atoms with van der Waals surface area (Å²) in [5, 5.41) is 6.94. The summed E-state index contributed by atoms with van der Waals surface area (Å²) < 4.78 is 8.65. The van der Waals surface area contributed by atoms with Crippen LogP contribution in [0.25, 0.3) is 66.4 Å². The first-order valence-electron chi connectivity index (χ1n) is 13.5. The number of aromatic nitrogens is 1. The van der Waals surface area contributed by atoms with Crippen LogP contribution in [0.5, 0.6) is 0 Å². The van der Waals surface area contributed by atoms with E-state index in [-0.39, 0.29) is 6.04 Å². The lowest BCUT2D eigenvalue weighted by Gasteiger charge is -2.13. The Bertz CT molecular complexity index is 2230. The highest BCUT2D eigenvalue weighted by atomic mass is 16.3. The van der Waals surface area contributed by atoms with Crippen molar-refractivity contribution in [3.63, 3.8) is 0 Å². The Kier molecular flexibility index (Phi) is 5.09. The van der Waals surface area contributed by atoms with Gasteiger partial charge in [0.2, 0.25) is 0 Å². The standard InChI is InChI=1S/C36H25N3O/c37-29-14-6-7-15-30(29)38-31(23-10-2-1-3-11-23)22-39-32-16-8-4-13-28(32)35-25-18-19-26-24-12-5-9-17-34(24)40-36(26)27(25)20-21-33(35)39/h1-22,29H,37H2/b31-22+,38-30?. The van der Waals surface area contributed by atoms with Crippen LogP contribution >= 0.6 is 0 Å². The van der Waals surface area contributed by atoms with E-state index < -0.39 is 0 Å². The molecule has 7 aromatic rings. The number of fused-ring (bicyclic) bond motifs is 9. The van der Waals surface area contributed by atoms with Crippen LogP contribution in [0.4, 0.5) is 0 Å². The molecule has 0 radical (unpaired) electrons. The highest BCUT2D eigenvalue weighted by Crippen LogP contribution is 2.40. The molecular formula is C36H25N3O. The predicted molar refractivity (Wildman–Crippen MR) is 169 cm³/mol. The molecule has 4 heteroatoms. The van der Waals surface area contributed by atoms with Gasteiger partial charge in [-0.15, -0.1) is 0 Å². The molecule has 2 heterocycles. The summed E-state index contributed by atoms with van der Waals surface area (Å²) in [6.07, 6.45) is 10.0. The van der Waals surface area contributed by atoms with Gasteiger partial charge in [0.05, 0.1) is 28.5 Å². The lowest BCUT2D eigenvalue weighted by atomic mass is 10.0. The van der Waals surface area contributed by atoms with Crippen molar-refractivity contribution in [3.8, 4) is 0 Å². The molecule has 8 rings (SSSR count). The predicted octanol–water partition coefficient (Wildman–Crippen LogP) is 8.70. The molecular weight excluding hydrogens is 490 g/mol. The summed E-state index contributed by atoms with van der Waals surface area (Å²) in [5.74, 6) is 0. The van der Waals surface area contributed by atoms with E-state index in [0.717, 1.165) is 55.3 Å². The number of hydrogen-bond acceptors (Lipinski definition) is 3. The van der Waals surface area contributed by atoms with Gasteiger partial charge in [-0.25, -0.2) is 4.99 Å². The van der Waals surface area contributed by atoms with Gasteiger partial charge in [-0.3, -0.25) is 0 Å². The smallest absolute Gasteiger partial charge is 0.143 e. The van der Waals surface area contributed by atoms with Crippen LogP contribution in [-0.4, -0.2) is 16.3 Å². The van der Waals surface area contributed by atoms with Crippen molar-refractivity contribution < 1.29 is 4.42 Å². The second-order valence-corrected chi connectivity index (χ2v) is 10.2. The topological polar surface area (TPSA) is 56.4 Å². The minimum Gasteiger partial charge on any atom is -0.455 e. The summed E-state index contributed by atoms with van der Waals surface area (Å²) in [7, 11) is 0. The van der Waals surface area contributed by atoms with Crippen molar-refractivity contribution >= 4 is 72.1 Å². The number of aliphatic imine (C=N–C) groups is 1. The summed E-state index contributed by atoms with van der Waals surface area (Å²) in [6.45, 7) is 0. The number of hydrogen-bond donors (Lipinski definition) is 1. The van der Waals surface area contributed by atoms with Crippen LogP contribution in [0.15, 0.2) is 137 Å². The lowest BCUT2D eigenvalue weighted by molar-refractivity contribution is 0.672. The summed E-state index contributed by atoms with van der Waals surface area (Å²) >= 11 is 0. The Balaban J connectivity index is 1.44. The normalized spacial score (nSPS) is 16.9. The molecule has 1 aliphatic carbocycles. The molecule has 0 amide bonds. The van der Waals surface area contributed by atoms with Crippen molar-refractivity contribution in [2.45, 2.75) is 6.04 Å². The Morgan fingerprint density at radius 2 is 1.43 bits per heavy atom. The van der Waals surface area contributed by atoms with Crippen LogP contribution in [0.1, 0.15) is 5.56 Å². The minimum atomic E-state index is -0.245. The average molecular weight is 516 g/mol.